The van der Waals surface area contributed by atoms with E-state index in [4.69, 9.17) is 9.47 Å². The molecule has 1 saturated heterocycles. The number of ether oxygens (including phenoxy) is 2. The van der Waals surface area contributed by atoms with Crippen molar-refractivity contribution in [2.75, 3.05) is 31.0 Å². The van der Waals surface area contributed by atoms with E-state index in [1.54, 1.807) is 30.2 Å². The second kappa shape index (κ2) is 7.22. The summed E-state index contributed by atoms with van der Waals surface area (Å²) in [6.45, 7) is 0.276. The summed E-state index contributed by atoms with van der Waals surface area (Å²) in [5.74, 6) is 0.834. The van der Waals surface area contributed by atoms with Gasteiger partial charge in [0.15, 0.2) is 5.82 Å². The quantitative estimate of drug-likeness (QED) is 0.709. The van der Waals surface area contributed by atoms with Crippen LogP contribution < -0.4 is 19.7 Å². The van der Waals surface area contributed by atoms with Crippen LogP contribution in [0.25, 0.3) is 10.9 Å². The number of H-pyrrole nitrogens is 1. The fourth-order valence-corrected chi connectivity index (χ4v) is 3.38. The van der Waals surface area contributed by atoms with Crippen LogP contribution in [0.3, 0.4) is 0 Å². The van der Waals surface area contributed by atoms with Crippen molar-refractivity contribution >= 4 is 34.2 Å². The molecule has 2 aromatic carbocycles. The van der Waals surface area contributed by atoms with E-state index < -0.39 is 5.92 Å². The van der Waals surface area contributed by atoms with Crippen LogP contribution >= 0.6 is 0 Å². The standard InChI is InChI=1S/C20H20N4O4/c1-27-13-7-8-16(17(10-13)28-2)21-20(26)12-9-18(25)24(11-12)19-14-5-3-4-6-15(14)22-23-19/h3-8,10,12H,9,11H2,1-2H3,(H,21,26)(H,22,23)/t12-/m1/s1. The van der Waals surface area contributed by atoms with E-state index in [9.17, 15) is 9.59 Å². The minimum atomic E-state index is -0.477. The van der Waals surface area contributed by atoms with Crippen molar-refractivity contribution < 1.29 is 19.1 Å². The summed E-state index contributed by atoms with van der Waals surface area (Å²) >= 11 is 0. The smallest absolute Gasteiger partial charge is 0.229 e. The molecule has 2 heterocycles. The third-order valence-corrected chi connectivity index (χ3v) is 4.87. The number of carbonyl (C=O) groups excluding carboxylic acids is 2. The highest BCUT2D eigenvalue weighted by atomic mass is 16.5. The molecule has 8 nitrogen and oxygen atoms in total. The minimum absolute atomic E-state index is 0.126. The van der Waals surface area contributed by atoms with Crippen molar-refractivity contribution in [2.45, 2.75) is 6.42 Å². The van der Waals surface area contributed by atoms with Gasteiger partial charge in [-0.1, -0.05) is 12.1 Å². The van der Waals surface area contributed by atoms with Crippen LogP contribution in [0.15, 0.2) is 42.5 Å². The average Bonchev–Trinajstić information content (AvgIpc) is 3.31. The predicted molar refractivity (Wildman–Crippen MR) is 105 cm³/mol. The number of aromatic amines is 1. The Morgan fingerprint density at radius 3 is 2.82 bits per heavy atom. The molecule has 1 atom stereocenters. The third kappa shape index (κ3) is 3.13. The number of methoxy groups -OCH3 is 2. The Hall–Kier alpha value is -3.55. The summed E-state index contributed by atoms with van der Waals surface area (Å²) in [6, 6.07) is 12.7. The monoisotopic (exact) mass is 380 g/mol. The van der Waals surface area contributed by atoms with Gasteiger partial charge in [0.2, 0.25) is 11.8 Å². The van der Waals surface area contributed by atoms with E-state index >= 15 is 0 Å². The number of nitrogens with zero attached hydrogens (tertiary/aromatic N) is 2. The lowest BCUT2D eigenvalue weighted by atomic mass is 10.1. The second-order valence-electron chi connectivity index (χ2n) is 6.55. The summed E-state index contributed by atoms with van der Waals surface area (Å²) in [7, 11) is 3.08. The molecule has 8 heteroatoms. The number of benzene rings is 2. The Bertz CT molecular complexity index is 1050. The fourth-order valence-electron chi connectivity index (χ4n) is 3.38. The molecule has 2 amide bonds. The minimum Gasteiger partial charge on any atom is -0.497 e. The van der Waals surface area contributed by atoms with Crippen molar-refractivity contribution in [3.05, 3.63) is 42.5 Å². The maximum absolute atomic E-state index is 12.8. The van der Waals surface area contributed by atoms with Gasteiger partial charge in [-0.3, -0.25) is 19.6 Å². The lowest BCUT2D eigenvalue weighted by molar-refractivity contribution is -0.122. The van der Waals surface area contributed by atoms with Crippen LogP contribution in [-0.4, -0.2) is 42.8 Å². The van der Waals surface area contributed by atoms with Crippen LogP contribution in [0.4, 0.5) is 11.5 Å². The number of amides is 2. The van der Waals surface area contributed by atoms with Crippen LogP contribution in [0, 0.1) is 5.92 Å². The zero-order valence-electron chi connectivity index (χ0n) is 15.6. The summed E-state index contributed by atoms with van der Waals surface area (Å²) in [5.41, 5.74) is 1.38. The van der Waals surface area contributed by atoms with Crippen LogP contribution in [0.2, 0.25) is 0 Å². The van der Waals surface area contributed by atoms with E-state index in [2.05, 4.69) is 15.5 Å². The normalized spacial score (nSPS) is 16.4. The zero-order valence-corrected chi connectivity index (χ0v) is 15.6. The first-order chi connectivity index (χ1) is 13.6. The number of carbonyl (C=O) groups is 2. The number of anilines is 2. The molecular formula is C20H20N4O4. The molecule has 0 unspecified atom stereocenters. The van der Waals surface area contributed by atoms with Crippen molar-refractivity contribution in [1.29, 1.82) is 0 Å². The predicted octanol–water partition coefficient (Wildman–Crippen LogP) is 2.57. The maximum atomic E-state index is 12.8. The molecule has 0 radical (unpaired) electrons. The zero-order chi connectivity index (χ0) is 19.7. The Morgan fingerprint density at radius 2 is 2.04 bits per heavy atom. The van der Waals surface area contributed by atoms with Gasteiger partial charge in [-0.05, 0) is 24.3 Å². The molecular weight excluding hydrogens is 360 g/mol. The highest BCUT2D eigenvalue weighted by molar-refractivity contribution is 6.07. The van der Waals surface area contributed by atoms with Gasteiger partial charge in [0, 0.05) is 24.4 Å². The molecule has 3 aromatic rings. The van der Waals surface area contributed by atoms with Gasteiger partial charge in [0.05, 0.1) is 31.3 Å². The Kier molecular flexibility index (Phi) is 4.60. The first-order valence-corrected chi connectivity index (χ1v) is 8.87. The third-order valence-electron chi connectivity index (χ3n) is 4.87. The largest absolute Gasteiger partial charge is 0.497 e. The van der Waals surface area contributed by atoms with E-state index in [0.29, 0.717) is 23.0 Å². The summed E-state index contributed by atoms with van der Waals surface area (Å²) in [5, 5.41) is 10.9. The Balaban J connectivity index is 1.52. The molecule has 1 aliphatic heterocycles. The van der Waals surface area contributed by atoms with Gasteiger partial charge in [-0.15, -0.1) is 0 Å². The molecule has 1 aliphatic rings. The van der Waals surface area contributed by atoms with Gasteiger partial charge in [-0.2, -0.15) is 5.10 Å². The van der Waals surface area contributed by atoms with Gasteiger partial charge < -0.3 is 14.8 Å². The van der Waals surface area contributed by atoms with Crippen LogP contribution in [0.5, 0.6) is 11.5 Å². The second-order valence-corrected chi connectivity index (χ2v) is 6.55. The molecule has 0 aliphatic carbocycles. The van der Waals surface area contributed by atoms with E-state index in [1.165, 1.54) is 7.11 Å². The number of hydrogen-bond acceptors (Lipinski definition) is 5. The van der Waals surface area contributed by atoms with Crippen molar-refractivity contribution in [2.24, 2.45) is 5.92 Å². The highest BCUT2D eigenvalue weighted by Crippen LogP contribution is 2.32. The molecule has 144 valence electrons. The molecule has 0 spiro atoms. The molecule has 1 aromatic heterocycles. The number of rotatable bonds is 5. The molecule has 0 bridgehead atoms. The van der Waals surface area contributed by atoms with Crippen molar-refractivity contribution in [1.82, 2.24) is 10.2 Å². The molecule has 1 fully saturated rings. The molecule has 2 N–H and O–H groups in total. The number of aromatic nitrogens is 2. The average molecular weight is 380 g/mol. The van der Waals surface area contributed by atoms with Gasteiger partial charge >= 0.3 is 0 Å². The number of para-hydroxylation sites is 1. The van der Waals surface area contributed by atoms with Gasteiger partial charge in [0.1, 0.15) is 11.5 Å². The fraction of sp³-hybridized carbons (Fsp3) is 0.250. The van der Waals surface area contributed by atoms with E-state index in [1.807, 2.05) is 24.3 Å². The summed E-state index contributed by atoms with van der Waals surface area (Å²) in [6.07, 6.45) is 0.130. The van der Waals surface area contributed by atoms with Gasteiger partial charge in [-0.25, -0.2) is 0 Å². The molecule has 28 heavy (non-hydrogen) atoms. The van der Waals surface area contributed by atoms with Crippen molar-refractivity contribution in [3.63, 3.8) is 0 Å². The Morgan fingerprint density at radius 1 is 1.21 bits per heavy atom. The summed E-state index contributed by atoms with van der Waals surface area (Å²) in [4.78, 5) is 26.9. The highest BCUT2D eigenvalue weighted by Gasteiger charge is 2.37. The topological polar surface area (TPSA) is 96.5 Å². The molecule has 4 rings (SSSR count). The number of hydrogen-bond donors (Lipinski definition) is 2. The first-order valence-electron chi connectivity index (χ1n) is 8.87. The first kappa shape index (κ1) is 17.8. The van der Waals surface area contributed by atoms with Crippen LogP contribution in [-0.2, 0) is 9.59 Å². The van der Waals surface area contributed by atoms with E-state index in [-0.39, 0.29) is 24.8 Å². The van der Waals surface area contributed by atoms with Crippen LogP contribution in [0.1, 0.15) is 6.42 Å². The van der Waals surface area contributed by atoms with Crippen molar-refractivity contribution in [3.8, 4) is 11.5 Å². The number of fused-ring (bicyclic) bond motifs is 1. The lowest BCUT2D eigenvalue weighted by Gasteiger charge is -2.15. The Labute approximate surface area is 161 Å². The molecule has 0 saturated carbocycles. The maximum Gasteiger partial charge on any atom is 0.229 e. The lowest BCUT2D eigenvalue weighted by Crippen LogP contribution is -2.28. The summed E-state index contributed by atoms with van der Waals surface area (Å²) < 4.78 is 10.5. The van der Waals surface area contributed by atoms with E-state index in [0.717, 1.165) is 10.9 Å². The number of nitrogens with one attached hydrogen (secondary N) is 2. The SMILES string of the molecule is COc1ccc(NC(=O)[C@@H]2CC(=O)N(c3n[nH]c4ccccc34)C2)c(OC)c1. The van der Waals surface area contributed by atoms with Gasteiger partial charge in [0.25, 0.3) is 0 Å².